The van der Waals surface area contributed by atoms with Crippen LogP contribution in [0.4, 0.5) is 0 Å². The summed E-state index contributed by atoms with van der Waals surface area (Å²) in [6, 6.07) is 0.577. The summed E-state index contributed by atoms with van der Waals surface area (Å²) < 4.78 is 15.4. The molecule has 1 saturated heterocycles. The van der Waals surface area contributed by atoms with Gasteiger partial charge in [-0.2, -0.15) is 4.98 Å². The number of fused-ring (bicyclic) bond motifs is 3. The molecule has 1 atom stereocenters. The SMILES string of the molecule is Cn1c(=O)c2c(nc3n2CC(N2CCOCC2)CO3)n(C)c1=O. The molecule has 0 saturated carbocycles. The highest BCUT2D eigenvalue weighted by Gasteiger charge is 2.30. The van der Waals surface area contributed by atoms with Gasteiger partial charge in [0, 0.05) is 33.7 Å². The van der Waals surface area contributed by atoms with Gasteiger partial charge in [0.25, 0.3) is 11.6 Å². The summed E-state index contributed by atoms with van der Waals surface area (Å²) in [7, 11) is 3.09. The second-order valence-corrected chi connectivity index (χ2v) is 6.00. The van der Waals surface area contributed by atoms with Crippen LogP contribution in [0.5, 0.6) is 6.01 Å². The summed E-state index contributed by atoms with van der Waals surface area (Å²) in [4.78, 5) is 31.2. The van der Waals surface area contributed by atoms with Crippen molar-refractivity contribution in [1.82, 2.24) is 23.6 Å². The predicted molar refractivity (Wildman–Crippen MR) is 81.9 cm³/mol. The fourth-order valence-corrected chi connectivity index (χ4v) is 3.30. The number of nitrogens with zero attached hydrogens (tertiary/aromatic N) is 5. The molecule has 4 heterocycles. The Morgan fingerprint density at radius 1 is 1.13 bits per heavy atom. The minimum Gasteiger partial charge on any atom is -0.463 e. The maximum absolute atomic E-state index is 12.5. The van der Waals surface area contributed by atoms with E-state index >= 15 is 0 Å². The van der Waals surface area contributed by atoms with Gasteiger partial charge in [-0.05, 0) is 0 Å². The molecule has 0 spiro atoms. The van der Waals surface area contributed by atoms with Crippen LogP contribution in [0.25, 0.3) is 11.2 Å². The lowest BCUT2D eigenvalue weighted by molar-refractivity contribution is -0.00687. The van der Waals surface area contributed by atoms with E-state index in [0.717, 1.165) is 17.7 Å². The van der Waals surface area contributed by atoms with Crippen LogP contribution in [0.3, 0.4) is 0 Å². The van der Waals surface area contributed by atoms with E-state index in [1.807, 2.05) is 0 Å². The van der Waals surface area contributed by atoms with Gasteiger partial charge >= 0.3 is 5.69 Å². The number of aromatic nitrogens is 4. The zero-order valence-corrected chi connectivity index (χ0v) is 13.2. The molecule has 0 N–H and O–H groups in total. The topological polar surface area (TPSA) is 83.5 Å². The molecule has 2 aliphatic heterocycles. The lowest BCUT2D eigenvalue weighted by atomic mass is 10.2. The number of aryl methyl sites for hydroxylation is 1. The molecular formula is C14H19N5O4. The standard InChI is InChI=1S/C14H19N5O4/c1-16-11-10(12(20)17(2)14(16)21)19-7-9(8-23-13(19)15-11)18-3-5-22-6-4-18/h9H,3-8H2,1-2H3. The molecule has 2 aromatic rings. The minimum atomic E-state index is -0.386. The largest absolute Gasteiger partial charge is 0.463 e. The van der Waals surface area contributed by atoms with E-state index in [0.29, 0.717) is 43.5 Å². The number of rotatable bonds is 1. The molecule has 2 aliphatic rings. The Kier molecular flexibility index (Phi) is 3.27. The van der Waals surface area contributed by atoms with Gasteiger partial charge in [0.05, 0.1) is 19.3 Å². The Morgan fingerprint density at radius 3 is 2.61 bits per heavy atom. The highest BCUT2D eigenvalue weighted by Crippen LogP contribution is 2.24. The molecule has 124 valence electrons. The molecule has 23 heavy (non-hydrogen) atoms. The first-order valence-corrected chi connectivity index (χ1v) is 7.69. The first-order valence-electron chi connectivity index (χ1n) is 7.69. The fraction of sp³-hybridized carbons (Fsp3) is 0.643. The van der Waals surface area contributed by atoms with Crippen LogP contribution in [0, 0.1) is 0 Å². The zero-order chi connectivity index (χ0) is 16.1. The third kappa shape index (κ3) is 2.11. The molecule has 1 fully saturated rings. The van der Waals surface area contributed by atoms with Crippen molar-refractivity contribution in [3.8, 4) is 6.01 Å². The molecule has 9 nitrogen and oxygen atoms in total. The van der Waals surface area contributed by atoms with Gasteiger partial charge < -0.3 is 9.47 Å². The van der Waals surface area contributed by atoms with Crippen molar-refractivity contribution in [2.75, 3.05) is 32.9 Å². The molecule has 0 radical (unpaired) electrons. The van der Waals surface area contributed by atoms with Crippen molar-refractivity contribution in [2.24, 2.45) is 14.1 Å². The molecule has 1 unspecified atom stereocenters. The van der Waals surface area contributed by atoms with E-state index in [4.69, 9.17) is 9.47 Å². The fourth-order valence-electron chi connectivity index (χ4n) is 3.30. The molecule has 4 rings (SSSR count). The second kappa shape index (κ2) is 5.20. The number of imidazole rings is 1. The maximum Gasteiger partial charge on any atom is 0.332 e. The summed E-state index contributed by atoms with van der Waals surface area (Å²) in [6.45, 7) is 4.28. The summed E-state index contributed by atoms with van der Waals surface area (Å²) in [6.07, 6.45) is 0. The van der Waals surface area contributed by atoms with E-state index in [1.165, 1.54) is 11.6 Å². The molecule has 0 aromatic carbocycles. The van der Waals surface area contributed by atoms with E-state index in [-0.39, 0.29) is 17.3 Å². The molecule has 0 bridgehead atoms. The van der Waals surface area contributed by atoms with Crippen molar-refractivity contribution < 1.29 is 9.47 Å². The Hall–Kier alpha value is -2.13. The summed E-state index contributed by atoms with van der Waals surface area (Å²) in [5.74, 6) is 0. The lowest BCUT2D eigenvalue weighted by Gasteiger charge is -2.36. The van der Waals surface area contributed by atoms with E-state index in [1.54, 1.807) is 11.6 Å². The smallest absolute Gasteiger partial charge is 0.332 e. The average Bonchev–Trinajstić information content (AvgIpc) is 2.97. The third-order valence-electron chi connectivity index (χ3n) is 4.67. The van der Waals surface area contributed by atoms with Crippen LogP contribution >= 0.6 is 0 Å². The van der Waals surface area contributed by atoms with Crippen LogP contribution in [0.15, 0.2) is 9.59 Å². The van der Waals surface area contributed by atoms with Crippen molar-refractivity contribution in [2.45, 2.75) is 12.6 Å². The van der Waals surface area contributed by atoms with Gasteiger partial charge in [-0.15, -0.1) is 0 Å². The van der Waals surface area contributed by atoms with Gasteiger partial charge in [0.15, 0.2) is 11.2 Å². The maximum atomic E-state index is 12.5. The van der Waals surface area contributed by atoms with Crippen molar-refractivity contribution in [3.05, 3.63) is 20.8 Å². The zero-order valence-electron chi connectivity index (χ0n) is 13.2. The first-order chi connectivity index (χ1) is 11.1. The average molecular weight is 321 g/mol. The monoisotopic (exact) mass is 321 g/mol. The Balaban J connectivity index is 1.81. The predicted octanol–water partition coefficient (Wildman–Crippen LogP) is -1.47. The van der Waals surface area contributed by atoms with Crippen LogP contribution in [0.2, 0.25) is 0 Å². The van der Waals surface area contributed by atoms with E-state index < -0.39 is 0 Å². The van der Waals surface area contributed by atoms with Gasteiger partial charge in [0.2, 0.25) is 0 Å². The van der Waals surface area contributed by atoms with Gasteiger partial charge in [-0.3, -0.25) is 23.4 Å². The van der Waals surface area contributed by atoms with Crippen LogP contribution in [-0.2, 0) is 25.4 Å². The Morgan fingerprint density at radius 2 is 1.87 bits per heavy atom. The Labute approximate surface area is 131 Å². The number of ether oxygens (including phenoxy) is 2. The van der Waals surface area contributed by atoms with E-state index in [2.05, 4.69) is 9.88 Å². The molecule has 0 amide bonds. The van der Waals surface area contributed by atoms with Crippen LogP contribution < -0.4 is 16.0 Å². The summed E-state index contributed by atoms with van der Waals surface area (Å²) in [5.41, 5.74) is 0.0639. The number of hydrogen-bond donors (Lipinski definition) is 0. The highest BCUT2D eigenvalue weighted by atomic mass is 16.5. The normalized spacial score (nSPS) is 22.1. The third-order valence-corrected chi connectivity index (χ3v) is 4.67. The molecule has 2 aromatic heterocycles. The number of hydrogen-bond acceptors (Lipinski definition) is 6. The van der Waals surface area contributed by atoms with Gasteiger partial charge in [-0.25, -0.2) is 4.79 Å². The Bertz CT molecular complexity index is 874. The van der Waals surface area contributed by atoms with E-state index in [9.17, 15) is 9.59 Å². The van der Waals surface area contributed by atoms with Crippen LogP contribution in [0.1, 0.15) is 0 Å². The van der Waals surface area contributed by atoms with Gasteiger partial charge in [-0.1, -0.05) is 0 Å². The van der Waals surface area contributed by atoms with Crippen molar-refractivity contribution >= 4 is 11.2 Å². The minimum absolute atomic E-state index is 0.172. The highest BCUT2D eigenvalue weighted by molar-refractivity contribution is 5.72. The van der Waals surface area contributed by atoms with Crippen molar-refractivity contribution in [3.63, 3.8) is 0 Å². The summed E-state index contributed by atoms with van der Waals surface area (Å²) >= 11 is 0. The van der Waals surface area contributed by atoms with Crippen molar-refractivity contribution in [1.29, 1.82) is 0 Å². The summed E-state index contributed by atoms with van der Waals surface area (Å²) in [5, 5.41) is 0. The molecular weight excluding hydrogens is 302 g/mol. The molecule has 0 aliphatic carbocycles. The van der Waals surface area contributed by atoms with Crippen LogP contribution in [-0.4, -0.2) is 62.5 Å². The number of morpholine rings is 1. The first kappa shape index (κ1) is 14.5. The lowest BCUT2D eigenvalue weighted by Crippen LogP contribution is -2.50. The quantitative estimate of drug-likeness (QED) is 0.637. The van der Waals surface area contributed by atoms with Gasteiger partial charge in [0.1, 0.15) is 6.61 Å². The second-order valence-electron chi connectivity index (χ2n) is 6.00. The molecule has 9 heteroatoms.